The van der Waals surface area contributed by atoms with Crippen LogP contribution in [-0.4, -0.2) is 29.8 Å². The first kappa shape index (κ1) is 21.5. The second-order valence-corrected chi connectivity index (χ2v) is 10.5. The molecule has 2 aromatic rings. The van der Waals surface area contributed by atoms with E-state index in [0.29, 0.717) is 36.9 Å². The van der Waals surface area contributed by atoms with Crippen molar-refractivity contribution in [2.24, 2.45) is 10.8 Å². The molecule has 5 rings (SSSR count). The zero-order valence-corrected chi connectivity index (χ0v) is 19.5. The van der Waals surface area contributed by atoms with Crippen molar-refractivity contribution in [2.75, 3.05) is 18.0 Å². The number of hydrogen-bond donors (Lipinski definition) is 0. The van der Waals surface area contributed by atoms with Crippen molar-refractivity contribution in [1.82, 2.24) is 4.90 Å². The summed E-state index contributed by atoms with van der Waals surface area (Å²) in [6, 6.07) is 17.8. The quantitative estimate of drug-likeness (QED) is 0.537. The molecule has 2 heterocycles. The fraction of sp³-hybridized carbons (Fsp3) is 0.481. The lowest BCUT2D eigenvalue weighted by Crippen LogP contribution is -2.67. The molecule has 0 bridgehead atoms. The fourth-order valence-electron chi connectivity index (χ4n) is 6.15. The topological polar surface area (TPSA) is 40.6 Å². The molecule has 1 atom stereocenters. The van der Waals surface area contributed by atoms with Gasteiger partial charge in [0.1, 0.15) is 0 Å². The van der Waals surface area contributed by atoms with Crippen LogP contribution in [0.1, 0.15) is 63.5 Å². The predicted octanol–water partition coefficient (Wildman–Crippen LogP) is 6.01. The minimum absolute atomic E-state index is 0.0304. The number of amides is 2. The molecule has 0 N–H and O–H groups in total. The number of hydrogen-bond acceptors (Lipinski definition) is 2. The van der Waals surface area contributed by atoms with Crippen molar-refractivity contribution >= 4 is 29.1 Å². The van der Waals surface area contributed by atoms with Crippen molar-refractivity contribution in [3.63, 3.8) is 0 Å². The molecule has 1 aliphatic carbocycles. The molecule has 3 aliphatic rings. The Morgan fingerprint density at radius 2 is 1.53 bits per heavy atom. The molecule has 1 saturated carbocycles. The van der Waals surface area contributed by atoms with Crippen LogP contribution in [0, 0.1) is 10.8 Å². The molecule has 2 amide bonds. The van der Waals surface area contributed by atoms with Gasteiger partial charge in [0.15, 0.2) is 0 Å². The van der Waals surface area contributed by atoms with Crippen LogP contribution in [0.15, 0.2) is 54.6 Å². The highest BCUT2D eigenvalue weighted by Crippen LogP contribution is 2.57. The van der Waals surface area contributed by atoms with E-state index in [2.05, 4.69) is 6.92 Å². The van der Waals surface area contributed by atoms with Crippen LogP contribution in [0.2, 0.25) is 5.02 Å². The number of piperidine rings is 1. The number of likely N-dealkylation sites (tertiary alicyclic amines) is 1. The zero-order valence-electron chi connectivity index (χ0n) is 18.7. The summed E-state index contributed by atoms with van der Waals surface area (Å²) in [6.07, 6.45) is 6.92. The van der Waals surface area contributed by atoms with Crippen LogP contribution >= 0.6 is 11.6 Å². The molecule has 5 heteroatoms. The van der Waals surface area contributed by atoms with Gasteiger partial charge in [-0.05, 0) is 55.5 Å². The molecule has 2 saturated heterocycles. The Kier molecular flexibility index (Phi) is 5.53. The molecular formula is C27H31ClN2O2. The van der Waals surface area contributed by atoms with Gasteiger partial charge in [-0.3, -0.25) is 9.59 Å². The molecule has 0 radical (unpaired) electrons. The lowest BCUT2D eigenvalue weighted by molar-refractivity contribution is -0.154. The highest BCUT2D eigenvalue weighted by Gasteiger charge is 2.62. The standard InChI is InChI=1S/C27H31ClN2O2/c1-26(14-6-3-7-15-26)24(31)29-18-16-27(17-19-29)23(20-10-12-21(28)13-11-20)30(25(27)32)22-8-4-2-5-9-22/h2,4-5,8-13,23H,3,6-7,14-19H2,1H3. The Morgan fingerprint density at radius 1 is 0.906 bits per heavy atom. The van der Waals surface area contributed by atoms with E-state index in [1.807, 2.05) is 64.4 Å². The number of benzene rings is 2. The summed E-state index contributed by atoms with van der Waals surface area (Å²) in [7, 11) is 0. The van der Waals surface area contributed by atoms with Crippen LogP contribution in [0.3, 0.4) is 0 Å². The molecule has 2 aliphatic heterocycles. The summed E-state index contributed by atoms with van der Waals surface area (Å²) in [5.74, 6) is 0.474. The van der Waals surface area contributed by atoms with E-state index in [1.54, 1.807) is 0 Å². The summed E-state index contributed by atoms with van der Waals surface area (Å²) in [6.45, 7) is 3.46. The van der Waals surface area contributed by atoms with E-state index in [0.717, 1.165) is 36.9 Å². The third-order valence-electron chi connectivity index (χ3n) is 8.06. The van der Waals surface area contributed by atoms with Crippen molar-refractivity contribution in [2.45, 2.75) is 57.9 Å². The van der Waals surface area contributed by atoms with Gasteiger partial charge < -0.3 is 9.80 Å². The van der Waals surface area contributed by atoms with E-state index in [-0.39, 0.29) is 17.4 Å². The number of carbonyl (C=O) groups excluding carboxylic acids is 2. The van der Waals surface area contributed by atoms with Gasteiger partial charge >= 0.3 is 0 Å². The van der Waals surface area contributed by atoms with Crippen molar-refractivity contribution in [1.29, 1.82) is 0 Å². The maximum Gasteiger partial charge on any atom is 0.236 e. The summed E-state index contributed by atoms with van der Waals surface area (Å²) in [5.41, 5.74) is 1.36. The minimum Gasteiger partial charge on any atom is -0.342 e. The Balaban J connectivity index is 1.40. The number of rotatable bonds is 3. The van der Waals surface area contributed by atoms with Gasteiger partial charge in [-0.15, -0.1) is 0 Å². The third-order valence-corrected chi connectivity index (χ3v) is 8.31. The highest BCUT2D eigenvalue weighted by molar-refractivity contribution is 6.30. The number of halogens is 1. The second kappa shape index (κ2) is 8.22. The van der Waals surface area contributed by atoms with E-state index in [4.69, 9.17) is 11.6 Å². The third kappa shape index (κ3) is 3.44. The SMILES string of the molecule is CC1(C(=O)N2CCC3(CC2)C(=O)N(c2ccccc2)C3c2ccc(Cl)cc2)CCCCC1. The van der Waals surface area contributed by atoms with Gasteiger partial charge in [0.2, 0.25) is 11.8 Å². The smallest absolute Gasteiger partial charge is 0.236 e. The second-order valence-electron chi connectivity index (χ2n) is 10.0. The molecule has 32 heavy (non-hydrogen) atoms. The van der Waals surface area contributed by atoms with E-state index < -0.39 is 5.41 Å². The van der Waals surface area contributed by atoms with Crippen LogP contribution in [0.4, 0.5) is 5.69 Å². The van der Waals surface area contributed by atoms with E-state index in [1.165, 1.54) is 6.42 Å². The number of carbonyl (C=O) groups is 2. The largest absolute Gasteiger partial charge is 0.342 e. The van der Waals surface area contributed by atoms with Crippen LogP contribution < -0.4 is 4.90 Å². The van der Waals surface area contributed by atoms with Gasteiger partial charge in [0, 0.05) is 29.2 Å². The van der Waals surface area contributed by atoms with E-state index >= 15 is 0 Å². The van der Waals surface area contributed by atoms with Gasteiger partial charge in [-0.25, -0.2) is 0 Å². The normalized spacial score (nSPS) is 24.3. The molecular weight excluding hydrogens is 420 g/mol. The summed E-state index contributed by atoms with van der Waals surface area (Å²) < 4.78 is 0. The minimum atomic E-state index is -0.450. The molecule has 1 spiro atoms. The Labute approximate surface area is 195 Å². The first-order chi connectivity index (χ1) is 15.4. The number of para-hydroxylation sites is 1. The monoisotopic (exact) mass is 450 g/mol. The Hall–Kier alpha value is -2.33. The average Bonchev–Trinajstić information content (AvgIpc) is 2.83. The number of nitrogens with zero attached hydrogens (tertiary/aromatic N) is 2. The van der Waals surface area contributed by atoms with Crippen LogP contribution in [0.5, 0.6) is 0 Å². The first-order valence-corrected chi connectivity index (χ1v) is 12.3. The summed E-state index contributed by atoms with van der Waals surface area (Å²) in [4.78, 5) is 31.0. The molecule has 168 valence electrons. The number of anilines is 1. The van der Waals surface area contributed by atoms with Gasteiger partial charge in [0.05, 0.1) is 11.5 Å². The lowest BCUT2D eigenvalue weighted by Gasteiger charge is -2.59. The van der Waals surface area contributed by atoms with Crippen molar-refractivity contribution in [3.8, 4) is 0 Å². The van der Waals surface area contributed by atoms with Gasteiger partial charge in [-0.1, -0.05) is 68.1 Å². The van der Waals surface area contributed by atoms with Crippen molar-refractivity contribution < 1.29 is 9.59 Å². The summed E-state index contributed by atoms with van der Waals surface area (Å²) in [5, 5.41) is 0.695. The average molecular weight is 451 g/mol. The fourth-order valence-corrected chi connectivity index (χ4v) is 6.27. The predicted molar refractivity (Wildman–Crippen MR) is 128 cm³/mol. The first-order valence-electron chi connectivity index (χ1n) is 11.9. The molecule has 1 unspecified atom stereocenters. The van der Waals surface area contributed by atoms with Crippen LogP contribution in [0.25, 0.3) is 0 Å². The Bertz CT molecular complexity index is 990. The maximum atomic E-state index is 13.6. The van der Waals surface area contributed by atoms with Crippen molar-refractivity contribution in [3.05, 3.63) is 65.2 Å². The number of β-lactam (4-membered cyclic amide) rings is 1. The van der Waals surface area contributed by atoms with Gasteiger partial charge in [0.25, 0.3) is 0 Å². The molecule has 2 aromatic carbocycles. The summed E-state index contributed by atoms with van der Waals surface area (Å²) >= 11 is 6.15. The van der Waals surface area contributed by atoms with Crippen LogP contribution in [-0.2, 0) is 9.59 Å². The Morgan fingerprint density at radius 3 is 2.16 bits per heavy atom. The maximum absolute atomic E-state index is 13.6. The molecule has 0 aromatic heterocycles. The molecule has 3 fully saturated rings. The zero-order chi connectivity index (χ0) is 22.3. The van der Waals surface area contributed by atoms with Gasteiger partial charge in [-0.2, -0.15) is 0 Å². The molecule has 4 nitrogen and oxygen atoms in total. The highest BCUT2D eigenvalue weighted by atomic mass is 35.5. The lowest BCUT2D eigenvalue weighted by atomic mass is 9.61. The van der Waals surface area contributed by atoms with E-state index in [9.17, 15) is 9.59 Å².